The Morgan fingerprint density at radius 1 is 1.16 bits per heavy atom. The van der Waals surface area contributed by atoms with Crippen molar-refractivity contribution in [3.05, 3.63) is 54.4 Å². The summed E-state index contributed by atoms with van der Waals surface area (Å²) < 4.78 is 5.70. The fraction of sp³-hybridized carbons (Fsp3) is 0.400. The fourth-order valence-corrected chi connectivity index (χ4v) is 3.29. The number of hydrogen-bond acceptors (Lipinski definition) is 4. The van der Waals surface area contributed by atoms with Crippen LogP contribution in [-0.4, -0.2) is 40.6 Å². The van der Waals surface area contributed by atoms with Gasteiger partial charge in [-0.2, -0.15) is 0 Å². The van der Waals surface area contributed by atoms with Crippen LogP contribution in [0.2, 0.25) is 0 Å². The van der Waals surface area contributed by atoms with E-state index in [1.165, 1.54) is 0 Å². The van der Waals surface area contributed by atoms with E-state index in [4.69, 9.17) is 4.74 Å². The number of carbonyl (C=O) groups excluding carboxylic acids is 1. The highest BCUT2D eigenvalue weighted by Gasteiger charge is 2.26. The van der Waals surface area contributed by atoms with Crippen molar-refractivity contribution < 1.29 is 14.6 Å². The highest BCUT2D eigenvalue weighted by atomic mass is 16.5. The van der Waals surface area contributed by atoms with Crippen molar-refractivity contribution in [2.24, 2.45) is 5.92 Å². The zero-order chi connectivity index (χ0) is 17.6. The molecule has 1 fully saturated rings. The van der Waals surface area contributed by atoms with Crippen LogP contribution in [0.5, 0.6) is 11.5 Å². The Morgan fingerprint density at radius 3 is 2.48 bits per heavy atom. The van der Waals surface area contributed by atoms with Crippen LogP contribution >= 0.6 is 0 Å². The highest BCUT2D eigenvalue weighted by molar-refractivity contribution is 5.94. The first kappa shape index (κ1) is 17.4. The van der Waals surface area contributed by atoms with Crippen molar-refractivity contribution in [3.63, 3.8) is 0 Å². The minimum Gasteiger partial charge on any atom is -0.456 e. The molecule has 1 aliphatic rings. The average Bonchev–Trinajstić information content (AvgIpc) is 2.68. The second kappa shape index (κ2) is 8.12. The standard InChI is InChI=1S/C20H24N2O3/c1-22(17-8-4-15(14-23)5-9-17)20(24)16-6-10-18(11-7-16)25-19-3-2-12-21-13-19/h2-3,6-7,10-13,15,17,23H,4-5,8-9,14H2,1H3. The molecule has 0 saturated heterocycles. The summed E-state index contributed by atoms with van der Waals surface area (Å²) in [6.07, 6.45) is 7.22. The number of nitrogens with zero attached hydrogens (tertiary/aromatic N) is 2. The Balaban J connectivity index is 1.60. The number of rotatable bonds is 5. The van der Waals surface area contributed by atoms with E-state index in [1.54, 1.807) is 36.7 Å². The SMILES string of the molecule is CN(C(=O)c1ccc(Oc2cccnc2)cc1)C1CCC(CO)CC1. The minimum absolute atomic E-state index is 0.0281. The molecule has 1 aliphatic carbocycles. The predicted molar refractivity (Wildman–Crippen MR) is 95.7 cm³/mol. The van der Waals surface area contributed by atoms with Crippen LogP contribution in [0.1, 0.15) is 36.0 Å². The molecule has 1 saturated carbocycles. The molecular weight excluding hydrogens is 316 g/mol. The monoisotopic (exact) mass is 340 g/mol. The second-order valence-corrected chi connectivity index (χ2v) is 6.59. The van der Waals surface area contributed by atoms with E-state index >= 15 is 0 Å². The van der Waals surface area contributed by atoms with Gasteiger partial charge < -0.3 is 14.7 Å². The zero-order valence-corrected chi connectivity index (χ0v) is 14.5. The van der Waals surface area contributed by atoms with Crippen molar-refractivity contribution in [2.45, 2.75) is 31.7 Å². The molecule has 0 aliphatic heterocycles. The number of carbonyl (C=O) groups is 1. The van der Waals surface area contributed by atoms with Gasteiger partial charge in [0.1, 0.15) is 11.5 Å². The summed E-state index contributed by atoms with van der Waals surface area (Å²) >= 11 is 0. The van der Waals surface area contributed by atoms with Gasteiger partial charge in [-0.05, 0) is 68.0 Å². The molecule has 1 heterocycles. The lowest BCUT2D eigenvalue weighted by molar-refractivity contribution is 0.0653. The van der Waals surface area contributed by atoms with E-state index < -0.39 is 0 Å². The Bertz CT molecular complexity index is 680. The third-order valence-electron chi connectivity index (χ3n) is 4.91. The van der Waals surface area contributed by atoms with E-state index in [-0.39, 0.29) is 18.6 Å². The van der Waals surface area contributed by atoms with E-state index in [0.717, 1.165) is 25.7 Å². The Labute approximate surface area is 148 Å². The smallest absolute Gasteiger partial charge is 0.253 e. The van der Waals surface area contributed by atoms with Gasteiger partial charge in [-0.15, -0.1) is 0 Å². The lowest BCUT2D eigenvalue weighted by Crippen LogP contribution is -2.39. The summed E-state index contributed by atoms with van der Waals surface area (Å²) in [6.45, 7) is 0.253. The van der Waals surface area contributed by atoms with Gasteiger partial charge in [-0.25, -0.2) is 0 Å². The number of aliphatic hydroxyl groups excluding tert-OH is 1. The van der Waals surface area contributed by atoms with Crippen molar-refractivity contribution in [3.8, 4) is 11.5 Å². The molecule has 132 valence electrons. The van der Waals surface area contributed by atoms with Gasteiger partial charge in [-0.3, -0.25) is 9.78 Å². The molecule has 0 radical (unpaired) electrons. The first-order valence-electron chi connectivity index (χ1n) is 8.73. The van der Waals surface area contributed by atoms with E-state index in [0.29, 0.717) is 23.0 Å². The number of aliphatic hydroxyl groups is 1. The van der Waals surface area contributed by atoms with Gasteiger partial charge in [0.25, 0.3) is 5.91 Å². The van der Waals surface area contributed by atoms with Gasteiger partial charge in [0.05, 0.1) is 6.20 Å². The molecule has 1 aromatic carbocycles. The van der Waals surface area contributed by atoms with Crippen LogP contribution in [0.4, 0.5) is 0 Å². The maximum absolute atomic E-state index is 12.7. The van der Waals surface area contributed by atoms with Crippen LogP contribution in [0.25, 0.3) is 0 Å². The number of ether oxygens (including phenoxy) is 1. The summed E-state index contributed by atoms with van der Waals surface area (Å²) in [5.41, 5.74) is 0.658. The van der Waals surface area contributed by atoms with Crippen molar-refractivity contribution >= 4 is 5.91 Å². The van der Waals surface area contributed by atoms with E-state index in [9.17, 15) is 9.90 Å². The van der Waals surface area contributed by atoms with Crippen molar-refractivity contribution in [1.29, 1.82) is 0 Å². The molecule has 5 nitrogen and oxygen atoms in total. The summed E-state index contributed by atoms with van der Waals surface area (Å²) in [7, 11) is 1.87. The average molecular weight is 340 g/mol. The number of amides is 1. The maximum atomic E-state index is 12.7. The number of hydrogen-bond donors (Lipinski definition) is 1. The largest absolute Gasteiger partial charge is 0.456 e. The van der Waals surface area contributed by atoms with Gasteiger partial charge in [0, 0.05) is 31.5 Å². The molecule has 5 heteroatoms. The molecule has 0 unspecified atom stereocenters. The number of pyridine rings is 1. The molecule has 0 bridgehead atoms. The molecule has 0 spiro atoms. The molecule has 0 atom stereocenters. The summed E-state index contributed by atoms with van der Waals surface area (Å²) in [5.74, 6) is 1.76. The molecule has 1 amide bonds. The Hall–Kier alpha value is -2.40. The number of benzene rings is 1. The Morgan fingerprint density at radius 2 is 1.88 bits per heavy atom. The zero-order valence-electron chi connectivity index (χ0n) is 14.5. The van der Waals surface area contributed by atoms with Crippen LogP contribution in [0, 0.1) is 5.92 Å². The third kappa shape index (κ3) is 4.37. The van der Waals surface area contributed by atoms with Crippen LogP contribution in [-0.2, 0) is 0 Å². The first-order valence-corrected chi connectivity index (χ1v) is 8.73. The van der Waals surface area contributed by atoms with Crippen molar-refractivity contribution in [2.75, 3.05) is 13.7 Å². The van der Waals surface area contributed by atoms with Crippen LogP contribution < -0.4 is 4.74 Å². The van der Waals surface area contributed by atoms with Gasteiger partial charge >= 0.3 is 0 Å². The van der Waals surface area contributed by atoms with Gasteiger partial charge in [0.15, 0.2) is 0 Å². The van der Waals surface area contributed by atoms with Crippen LogP contribution in [0.15, 0.2) is 48.8 Å². The molecule has 25 heavy (non-hydrogen) atoms. The quantitative estimate of drug-likeness (QED) is 0.905. The maximum Gasteiger partial charge on any atom is 0.253 e. The van der Waals surface area contributed by atoms with E-state index in [2.05, 4.69) is 4.98 Å². The highest BCUT2D eigenvalue weighted by Crippen LogP contribution is 2.28. The second-order valence-electron chi connectivity index (χ2n) is 6.59. The van der Waals surface area contributed by atoms with E-state index in [1.807, 2.05) is 24.1 Å². The minimum atomic E-state index is 0.0281. The Kier molecular flexibility index (Phi) is 5.66. The molecule has 1 aromatic heterocycles. The van der Waals surface area contributed by atoms with Gasteiger partial charge in [-0.1, -0.05) is 0 Å². The first-order chi connectivity index (χ1) is 12.2. The molecular formula is C20H24N2O3. The number of aromatic nitrogens is 1. The van der Waals surface area contributed by atoms with Crippen LogP contribution in [0.3, 0.4) is 0 Å². The third-order valence-corrected chi connectivity index (χ3v) is 4.91. The van der Waals surface area contributed by atoms with Crippen molar-refractivity contribution in [1.82, 2.24) is 9.88 Å². The topological polar surface area (TPSA) is 62.7 Å². The predicted octanol–water partition coefficient (Wildman–Crippen LogP) is 3.50. The molecule has 3 rings (SSSR count). The lowest BCUT2D eigenvalue weighted by Gasteiger charge is -2.34. The summed E-state index contributed by atoms with van der Waals surface area (Å²) in [5, 5.41) is 9.24. The summed E-state index contributed by atoms with van der Waals surface area (Å²) in [4.78, 5) is 18.5. The summed E-state index contributed by atoms with van der Waals surface area (Å²) in [6, 6.07) is 11.1. The molecule has 1 N–H and O–H groups in total. The normalized spacial score (nSPS) is 20.1. The molecule has 2 aromatic rings. The lowest BCUT2D eigenvalue weighted by atomic mass is 9.86. The van der Waals surface area contributed by atoms with Gasteiger partial charge in [0.2, 0.25) is 0 Å². The fourth-order valence-electron chi connectivity index (χ4n) is 3.29.